The third-order valence-corrected chi connectivity index (χ3v) is 12.8. The molecule has 9 atom stereocenters. The number of carbonyl (C=O) groups excluding carboxylic acids is 4. The molecule has 1 fully saturated rings. The van der Waals surface area contributed by atoms with Crippen molar-refractivity contribution in [1.29, 1.82) is 0 Å². The fraction of sp³-hybridized carbons (Fsp3) is 0.646. The number of amides is 4. The fourth-order valence-corrected chi connectivity index (χ4v) is 8.93. The number of carboxylic acids is 1. The Morgan fingerprint density at radius 3 is 2.03 bits per heavy atom. The van der Waals surface area contributed by atoms with Crippen molar-refractivity contribution in [3.8, 4) is 0 Å². The molecule has 14 heteroatoms. The molecule has 2 unspecified atom stereocenters. The molecule has 2 aromatic rings. The first-order valence-corrected chi connectivity index (χ1v) is 22.4. The lowest BCUT2D eigenvalue weighted by molar-refractivity contribution is -0.148. The van der Waals surface area contributed by atoms with E-state index in [1.54, 1.807) is 30.9 Å². The van der Waals surface area contributed by atoms with Gasteiger partial charge < -0.3 is 40.3 Å². The normalized spacial score (nSPS) is 18.0. The standard InChI is InChI=1S/C48H76N6O8/c1-13-32(6)43(53(10)47(58)41(30(2)3)51-46(57)42(31(4)5)52(9)27-25-34-21-23-36(49-8)24-22-34)39(61-11)29-40(55)54-26-17-20-38(54)44(62-12)33(7)45(56)50-37(48(59)60)28-35-18-15-14-16-19-35/h14-16,18-19,21-24,30-33,37-39,41-44,49H,13,17,20,25-29H2,1-12H3,(H,50,56)(H,51,57)(H,59,60)/t32-,33+,37-,38-,39+,41-,42?,43?,44+/m0/s1. The molecular formula is C48H76N6O8. The molecule has 4 amide bonds. The third kappa shape index (κ3) is 14.0. The van der Waals surface area contributed by atoms with Gasteiger partial charge in [0.1, 0.15) is 12.1 Å². The van der Waals surface area contributed by atoms with Gasteiger partial charge in [-0.1, -0.05) is 97.4 Å². The van der Waals surface area contributed by atoms with E-state index >= 15 is 0 Å². The number of methoxy groups -OCH3 is 2. The van der Waals surface area contributed by atoms with Crippen LogP contribution in [0.1, 0.15) is 85.3 Å². The fourth-order valence-electron chi connectivity index (χ4n) is 8.93. The van der Waals surface area contributed by atoms with Crippen LogP contribution < -0.4 is 16.0 Å². The monoisotopic (exact) mass is 865 g/mol. The van der Waals surface area contributed by atoms with Gasteiger partial charge in [0.25, 0.3) is 0 Å². The van der Waals surface area contributed by atoms with Crippen LogP contribution in [0.3, 0.4) is 0 Å². The Kier molecular flexibility index (Phi) is 20.8. The number of likely N-dealkylation sites (tertiary alicyclic amines) is 1. The minimum absolute atomic E-state index is 0.0187. The van der Waals surface area contributed by atoms with E-state index < -0.39 is 60.2 Å². The van der Waals surface area contributed by atoms with Crippen LogP contribution in [0, 0.1) is 23.7 Å². The largest absolute Gasteiger partial charge is 0.480 e. The Bertz CT molecular complexity index is 1730. The number of rotatable bonds is 25. The van der Waals surface area contributed by atoms with E-state index in [1.165, 1.54) is 12.7 Å². The molecular weight excluding hydrogens is 789 g/mol. The molecule has 346 valence electrons. The summed E-state index contributed by atoms with van der Waals surface area (Å²) in [6.45, 7) is 14.7. The average Bonchev–Trinajstić information content (AvgIpc) is 3.74. The van der Waals surface area contributed by atoms with Crippen LogP contribution in [0.25, 0.3) is 0 Å². The van der Waals surface area contributed by atoms with Crippen molar-refractivity contribution in [2.24, 2.45) is 23.7 Å². The SMILES string of the molecule is CC[C@H](C)C([C@@H](CC(=O)N1CCC[C@H]1[C@H](OC)[C@@H](C)C(=O)N[C@@H](Cc1ccccc1)C(=O)O)OC)N(C)C(=O)[C@@H](NC(=O)C(C(C)C)N(C)CCc1ccc(NC)cc1)C(C)C. The number of nitrogens with zero attached hydrogens (tertiary/aromatic N) is 3. The van der Waals surface area contributed by atoms with Crippen LogP contribution in [0.2, 0.25) is 0 Å². The first-order chi connectivity index (χ1) is 29.4. The summed E-state index contributed by atoms with van der Waals surface area (Å²) in [5.41, 5.74) is 2.98. The topological polar surface area (TPSA) is 170 Å². The predicted molar refractivity (Wildman–Crippen MR) is 244 cm³/mol. The third-order valence-electron chi connectivity index (χ3n) is 12.8. The lowest BCUT2D eigenvalue weighted by Crippen LogP contribution is -2.60. The molecule has 0 aromatic heterocycles. The van der Waals surface area contributed by atoms with Crippen LogP contribution in [0.5, 0.6) is 0 Å². The molecule has 14 nitrogen and oxygen atoms in total. The molecule has 0 bridgehead atoms. The van der Waals surface area contributed by atoms with Gasteiger partial charge in [0.15, 0.2) is 0 Å². The highest BCUT2D eigenvalue weighted by Gasteiger charge is 2.43. The summed E-state index contributed by atoms with van der Waals surface area (Å²) in [7, 11) is 8.61. The van der Waals surface area contributed by atoms with Crippen LogP contribution in [0.15, 0.2) is 54.6 Å². The zero-order chi connectivity index (χ0) is 46.3. The maximum Gasteiger partial charge on any atom is 0.326 e. The molecule has 2 aromatic carbocycles. The van der Waals surface area contributed by atoms with Gasteiger partial charge in [0, 0.05) is 53.5 Å². The predicted octanol–water partition coefficient (Wildman–Crippen LogP) is 5.10. The molecule has 0 aliphatic carbocycles. The van der Waals surface area contributed by atoms with Gasteiger partial charge in [0.05, 0.1) is 42.7 Å². The number of benzene rings is 2. The molecule has 0 radical (unpaired) electrons. The van der Waals surface area contributed by atoms with Crippen molar-refractivity contribution < 1.29 is 38.6 Å². The Morgan fingerprint density at radius 2 is 1.50 bits per heavy atom. The summed E-state index contributed by atoms with van der Waals surface area (Å²) in [6.07, 6.45) is 1.51. The summed E-state index contributed by atoms with van der Waals surface area (Å²) in [4.78, 5) is 74.2. The van der Waals surface area contributed by atoms with Gasteiger partial charge >= 0.3 is 5.97 Å². The zero-order valence-electron chi connectivity index (χ0n) is 39.4. The summed E-state index contributed by atoms with van der Waals surface area (Å²) >= 11 is 0. The Balaban J connectivity index is 1.76. The van der Waals surface area contributed by atoms with E-state index in [4.69, 9.17) is 9.47 Å². The number of aliphatic carboxylic acids is 1. The van der Waals surface area contributed by atoms with Gasteiger partial charge in [-0.2, -0.15) is 0 Å². The number of carbonyl (C=O) groups is 5. The summed E-state index contributed by atoms with van der Waals surface area (Å²) < 4.78 is 12.0. The van der Waals surface area contributed by atoms with Crippen molar-refractivity contribution in [3.63, 3.8) is 0 Å². The van der Waals surface area contributed by atoms with E-state index in [1.807, 2.05) is 98.1 Å². The molecule has 1 aliphatic rings. The summed E-state index contributed by atoms with van der Waals surface area (Å²) in [5.74, 6) is -3.34. The van der Waals surface area contributed by atoms with Crippen molar-refractivity contribution >= 4 is 35.3 Å². The molecule has 1 aliphatic heterocycles. The molecule has 0 saturated carbocycles. The van der Waals surface area contributed by atoms with Gasteiger partial charge in [-0.25, -0.2) is 4.79 Å². The van der Waals surface area contributed by atoms with Gasteiger partial charge in [0.2, 0.25) is 23.6 Å². The van der Waals surface area contributed by atoms with Crippen LogP contribution in [0.4, 0.5) is 5.69 Å². The number of nitrogens with one attached hydrogen (secondary N) is 3. The minimum atomic E-state index is -1.14. The van der Waals surface area contributed by atoms with E-state index in [9.17, 15) is 29.1 Å². The van der Waals surface area contributed by atoms with Crippen molar-refractivity contribution in [3.05, 3.63) is 65.7 Å². The van der Waals surface area contributed by atoms with E-state index in [0.29, 0.717) is 32.4 Å². The summed E-state index contributed by atoms with van der Waals surface area (Å²) in [5, 5.41) is 18.9. The number of hydrogen-bond acceptors (Lipinski definition) is 9. The number of ether oxygens (including phenoxy) is 2. The van der Waals surface area contributed by atoms with Gasteiger partial charge in [-0.05, 0) is 67.3 Å². The number of likely N-dealkylation sites (N-methyl/N-ethyl adjacent to an activating group) is 2. The lowest BCUT2D eigenvalue weighted by Gasteiger charge is -2.41. The molecule has 1 heterocycles. The quantitative estimate of drug-likeness (QED) is 0.105. The second kappa shape index (κ2) is 24.9. The second-order valence-corrected chi connectivity index (χ2v) is 17.8. The number of hydrogen-bond donors (Lipinski definition) is 4. The average molecular weight is 865 g/mol. The Morgan fingerprint density at radius 1 is 0.855 bits per heavy atom. The zero-order valence-corrected chi connectivity index (χ0v) is 39.4. The Labute approximate surface area is 370 Å². The highest BCUT2D eigenvalue weighted by atomic mass is 16.5. The number of carboxylic acid groups (broad SMARTS) is 1. The van der Waals surface area contributed by atoms with Crippen LogP contribution >= 0.6 is 0 Å². The van der Waals surface area contributed by atoms with Crippen molar-refractivity contribution in [1.82, 2.24) is 25.3 Å². The number of anilines is 1. The second-order valence-electron chi connectivity index (χ2n) is 17.8. The van der Waals surface area contributed by atoms with E-state index in [2.05, 4.69) is 33.0 Å². The highest BCUT2D eigenvalue weighted by Crippen LogP contribution is 2.30. The molecule has 4 N–H and O–H groups in total. The maximum absolute atomic E-state index is 14.6. The molecule has 0 spiro atoms. The molecule has 3 rings (SSSR count). The summed E-state index contributed by atoms with van der Waals surface area (Å²) in [6, 6.07) is 14.0. The molecule has 1 saturated heterocycles. The lowest BCUT2D eigenvalue weighted by atomic mass is 9.89. The van der Waals surface area contributed by atoms with Gasteiger partial charge in [-0.15, -0.1) is 0 Å². The first-order valence-electron chi connectivity index (χ1n) is 22.4. The van der Waals surface area contributed by atoms with Crippen LogP contribution in [-0.4, -0.2) is 140 Å². The van der Waals surface area contributed by atoms with Crippen molar-refractivity contribution in [2.75, 3.05) is 53.8 Å². The first kappa shape index (κ1) is 51.8. The molecule has 62 heavy (non-hydrogen) atoms. The van der Waals surface area contributed by atoms with Crippen LogP contribution in [-0.2, 0) is 46.3 Å². The smallest absolute Gasteiger partial charge is 0.326 e. The maximum atomic E-state index is 14.6. The van der Waals surface area contributed by atoms with E-state index in [0.717, 1.165) is 17.7 Å². The van der Waals surface area contributed by atoms with Gasteiger partial charge in [-0.3, -0.25) is 24.1 Å². The van der Waals surface area contributed by atoms with E-state index in [-0.39, 0.29) is 48.3 Å². The van der Waals surface area contributed by atoms with Crippen molar-refractivity contribution in [2.45, 2.75) is 129 Å². The Hall–Kier alpha value is -4.53. The highest BCUT2D eigenvalue weighted by molar-refractivity contribution is 5.90. The minimum Gasteiger partial charge on any atom is -0.480 e.